The van der Waals surface area contributed by atoms with Crippen LogP contribution in [0.2, 0.25) is 0 Å². The van der Waals surface area contributed by atoms with Gasteiger partial charge in [-0.25, -0.2) is 0 Å². The van der Waals surface area contributed by atoms with Crippen molar-refractivity contribution < 1.29 is 14.6 Å². The summed E-state index contributed by atoms with van der Waals surface area (Å²) in [6, 6.07) is 7.68. The van der Waals surface area contributed by atoms with Crippen LogP contribution in [-0.4, -0.2) is 36.2 Å². The number of likely N-dealkylation sites (tertiary alicyclic amines) is 1. The second-order valence-electron chi connectivity index (χ2n) is 4.34. The first-order valence-electron chi connectivity index (χ1n) is 5.75. The molecule has 0 aliphatic carbocycles. The van der Waals surface area contributed by atoms with Crippen molar-refractivity contribution in [3.05, 3.63) is 29.8 Å². The van der Waals surface area contributed by atoms with Crippen molar-refractivity contribution in [3.63, 3.8) is 0 Å². The van der Waals surface area contributed by atoms with Crippen LogP contribution in [0.5, 0.6) is 5.75 Å². The summed E-state index contributed by atoms with van der Waals surface area (Å²) >= 11 is 0. The first-order chi connectivity index (χ1) is 8.24. The number of carbonyl (C=O) groups is 1. The highest BCUT2D eigenvalue weighted by Gasteiger charge is 2.29. The second kappa shape index (κ2) is 5.19. The number of rotatable bonds is 4. The number of methoxy groups -OCH3 is 1. The largest absolute Gasteiger partial charge is 0.496 e. The number of ether oxygens (including phenoxy) is 1. The van der Waals surface area contributed by atoms with Gasteiger partial charge in [0, 0.05) is 37.6 Å². The summed E-state index contributed by atoms with van der Waals surface area (Å²) in [7, 11) is 1.63. The van der Waals surface area contributed by atoms with Crippen LogP contribution in [0, 0.1) is 5.92 Å². The minimum absolute atomic E-state index is 0.0775. The predicted octanol–water partition coefficient (Wildman–Crippen LogP) is 1.04. The van der Waals surface area contributed by atoms with E-state index in [1.165, 1.54) is 0 Å². The third-order valence-electron chi connectivity index (χ3n) is 3.11. The van der Waals surface area contributed by atoms with Crippen LogP contribution >= 0.6 is 0 Å². The number of carbonyl (C=O) groups excluding carboxylic acids is 1. The van der Waals surface area contributed by atoms with Crippen molar-refractivity contribution in [2.24, 2.45) is 5.92 Å². The maximum atomic E-state index is 11.7. The molecule has 1 unspecified atom stereocenters. The molecule has 1 fully saturated rings. The van der Waals surface area contributed by atoms with Crippen molar-refractivity contribution in [2.45, 2.75) is 13.0 Å². The highest BCUT2D eigenvalue weighted by atomic mass is 16.5. The molecule has 0 radical (unpaired) electrons. The Hall–Kier alpha value is -1.55. The van der Waals surface area contributed by atoms with Gasteiger partial charge in [-0.15, -0.1) is 0 Å². The van der Waals surface area contributed by atoms with Crippen LogP contribution in [0.3, 0.4) is 0 Å². The van der Waals surface area contributed by atoms with E-state index in [4.69, 9.17) is 9.84 Å². The summed E-state index contributed by atoms with van der Waals surface area (Å²) in [6.45, 7) is 1.26. The number of aliphatic hydroxyl groups is 1. The smallest absolute Gasteiger partial charge is 0.223 e. The maximum Gasteiger partial charge on any atom is 0.223 e. The zero-order valence-corrected chi connectivity index (χ0v) is 9.93. The van der Waals surface area contributed by atoms with Gasteiger partial charge in [-0.1, -0.05) is 18.2 Å². The molecule has 1 aromatic carbocycles. The molecule has 1 aliphatic heterocycles. The minimum atomic E-state index is 0.0775. The number of amides is 1. The maximum absolute atomic E-state index is 11.7. The molecular weight excluding hydrogens is 218 g/mol. The van der Waals surface area contributed by atoms with Gasteiger partial charge in [-0.05, 0) is 6.07 Å². The molecule has 0 spiro atoms. The SMILES string of the molecule is COc1ccccc1CN1CC(CO)CC1=O. The van der Waals surface area contributed by atoms with Gasteiger partial charge in [0.15, 0.2) is 0 Å². The van der Waals surface area contributed by atoms with Crippen LogP contribution in [0.4, 0.5) is 0 Å². The monoisotopic (exact) mass is 235 g/mol. The highest BCUT2D eigenvalue weighted by molar-refractivity contribution is 5.78. The Morgan fingerprint density at radius 3 is 2.88 bits per heavy atom. The standard InChI is InChI=1S/C13H17NO3/c1-17-12-5-3-2-4-11(12)8-14-7-10(9-15)6-13(14)16/h2-5,10,15H,6-9H2,1H3. The first kappa shape index (κ1) is 11.9. The molecule has 92 valence electrons. The Kier molecular flexibility index (Phi) is 3.64. The van der Waals surface area contributed by atoms with Crippen molar-refractivity contribution in [3.8, 4) is 5.75 Å². The summed E-state index contributed by atoms with van der Waals surface area (Å²) in [5.41, 5.74) is 1.00. The molecule has 17 heavy (non-hydrogen) atoms. The lowest BCUT2D eigenvalue weighted by Crippen LogP contribution is -2.25. The molecule has 0 bridgehead atoms. The molecular formula is C13H17NO3. The predicted molar refractivity (Wildman–Crippen MR) is 63.6 cm³/mol. The average molecular weight is 235 g/mol. The fourth-order valence-corrected chi connectivity index (χ4v) is 2.17. The quantitative estimate of drug-likeness (QED) is 0.848. The van der Waals surface area contributed by atoms with Gasteiger partial charge in [0.2, 0.25) is 5.91 Å². The third kappa shape index (κ3) is 2.58. The van der Waals surface area contributed by atoms with Crippen LogP contribution in [-0.2, 0) is 11.3 Å². The van der Waals surface area contributed by atoms with Crippen molar-refractivity contribution >= 4 is 5.91 Å². The fourth-order valence-electron chi connectivity index (χ4n) is 2.17. The number of aliphatic hydroxyl groups excluding tert-OH is 1. The minimum Gasteiger partial charge on any atom is -0.496 e. The van der Waals surface area contributed by atoms with E-state index in [-0.39, 0.29) is 18.4 Å². The zero-order valence-electron chi connectivity index (χ0n) is 9.93. The molecule has 1 aromatic rings. The van der Waals surface area contributed by atoms with E-state index in [1.54, 1.807) is 12.0 Å². The Balaban J connectivity index is 2.08. The summed E-state index contributed by atoms with van der Waals surface area (Å²) in [5.74, 6) is 0.986. The normalized spacial score (nSPS) is 19.8. The lowest BCUT2D eigenvalue weighted by Gasteiger charge is -2.18. The zero-order chi connectivity index (χ0) is 12.3. The molecule has 0 saturated carbocycles. The van der Waals surface area contributed by atoms with Crippen molar-refractivity contribution in [1.82, 2.24) is 4.90 Å². The molecule has 1 saturated heterocycles. The topological polar surface area (TPSA) is 49.8 Å². The van der Waals surface area contributed by atoms with Crippen LogP contribution in [0.1, 0.15) is 12.0 Å². The van der Waals surface area contributed by atoms with Gasteiger partial charge in [0.05, 0.1) is 7.11 Å². The van der Waals surface area contributed by atoms with E-state index in [2.05, 4.69) is 0 Å². The molecule has 4 nitrogen and oxygen atoms in total. The Morgan fingerprint density at radius 2 is 2.24 bits per heavy atom. The molecule has 1 atom stereocenters. The number of para-hydroxylation sites is 1. The Labute approximate surface area is 101 Å². The summed E-state index contributed by atoms with van der Waals surface area (Å²) in [6.07, 6.45) is 0.450. The molecule has 2 rings (SSSR count). The number of hydrogen-bond donors (Lipinski definition) is 1. The van der Waals surface area contributed by atoms with Gasteiger partial charge >= 0.3 is 0 Å². The van der Waals surface area contributed by atoms with Crippen LogP contribution in [0.25, 0.3) is 0 Å². The summed E-state index contributed by atoms with van der Waals surface area (Å²) in [5, 5.41) is 9.06. The molecule has 0 aromatic heterocycles. The van der Waals surface area contributed by atoms with Gasteiger partial charge in [-0.2, -0.15) is 0 Å². The van der Waals surface area contributed by atoms with Crippen LogP contribution < -0.4 is 4.74 Å². The van der Waals surface area contributed by atoms with Gasteiger partial charge in [0.1, 0.15) is 5.75 Å². The van der Waals surface area contributed by atoms with E-state index in [0.717, 1.165) is 11.3 Å². The Morgan fingerprint density at radius 1 is 1.47 bits per heavy atom. The molecule has 4 heteroatoms. The van der Waals surface area contributed by atoms with E-state index in [1.807, 2.05) is 24.3 Å². The molecule has 1 amide bonds. The molecule has 1 aliphatic rings. The van der Waals surface area contributed by atoms with Gasteiger partial charge in [-0.3, -0.25) is 4.79 Å². The number of nitrogens with zero attached hydrogens (tertiary/aromatic N) is 1. The van der Waals surface area contributed by atoms with Crippen molar-refractivity contribution in [2.75, 3.05) is 20.3 Å². The fraction of sp³-hybridized carbons (Fsp3) is 0.462. The summed E-state index contributed by atoms with van der Waals surface area (Å²) < 4.78 is 5.26. The number of hydrogen-bond acceptors (Lipinski definition) is 3. The van der Waals surface area contributed by atoms with Crippen LogP contribution in [0.15, 0.2) is 24.3 Å². The Bertz CT molecular complexity index is 405. The van der Waals surface area contributed by atoms with E-state index in [0.29, 0.717) is 19.5 Å². The molecule has 1 heterocycles. The van der Waals surface area contributed by atoms with E-state index >= 15 is 0 Å². The van der Waals surface area contributed by atoms with E-state index < -0.39 is 0 Å². The van der Waals surface area contributed by atoms with Gasteiger partial charge in [0.25, 0.3) is 0 Å². The highest BCUT2D eigenvalue weighted by Crippen LogP contribution is 2.24. The second-order valence-corrected chi connectivity index (χ2v) is 4.34. The van der Waals surface area contributed by atoms with E-state index in [9.17, 15) is 4.79 Å². The lowest BCUT2D eigenvalue weighted by molar-refractivity contribution is -0.128. The average Bonchev–Trinajstić information content (AvgIpc) is 2.71. The third-order valence-corrected chi connectivity index (χ3v) is 3.11. The first-order valence-corrected chi connectivity index (χ1v) is 5.75. The van der Waals surface area contributed by atoms with Crippen molar-refractivity contribution in [1.29, 1.82) is 0 Å². The molecule has 1 N–H and O–H groups in total. The lowest BCUT2D eigenvalue weighted by atomic mass is 10.1. The summed E-state index contributed by atoms with van der Waals surface area (Å²) in [4.78, 5) is 13.5. The number of benzene rings is 1. The van der Waals surface area contributed by atoms with Gasteiger partial charge < -0.3 is 14.7 Å².